The number of rotatable bonds is 6. The molecule has 90 valence electrons. The van der Waals surface area contributed by atoms with Crippen molar-refractivity contribution in [2.75, 3.05) is 25.4 Å². The van der Waals surface area contributed by atoms with Crippen LogP contribution in [0.25, 0.3) is 0 Å². The summed E-state index contributed by atoms with van der Waals surface area (Å²) in [4.78, 5) is 3.59. The quantitative estimate of drug-likeness (QED) is 0.708. The van der Waals surface area contributed by atoms with E-state index in [2.05, 4.69) is 18.7 Å². The molecule has 0 heterocycles. The van der Waals surface area contributed by atoms with Gasteiger partial charge in [-0.05, 0) is 31.3 Å². The normalized spacial score (nSPS) is 11.1. The smallest absolute Gasteiger partial charge is 0.0603 e. The van der Waals surface area contributed by atoms with Crippen molar-refractivity contribution in [2.24, 2.45) is 0 Å². The fraction of sp³-hybridized carbons (Fsp3) is 0.500. The van der Waals surface area contributed by atoms with Crippen molar-refractivity contribution in [3.63, 3.8) is 0 Å². The average Bonchev–Trinajstić information content (AvgIpc) is 2.29. The van der Waals surface area contributed by atoms with Gasteiger partial charge in [-0.25, -0.2) is 0 Å². The molecular formula is C12H17Cl2NS. The molecule has 0 aliphatic rings. The largest absolute Gasteiger partial charge is 0.303 e. The molecule has 16 heavy (non-hydrogen) atoms. The Kier molecular flexibility index (Phi) is 6.59. The molecule has 0 aliphatic carbocycles. The topological polar surface area (TPSA) is 3.24 Å². The third-order valence-electron chi connectivity index (χ3n) is 2.46. The van der Waals surface area contributed by atoms with Gasteiger partial charge in [0.25, 0.3) is 0 Å². The van der Waals surface area contributed by atoms with Crippen LogP contribution in [0.15, 0.2) is 23.1 Å². The predicted octanol–water partition coefficient (Wildman–Crippen LogP) is 4.43. The minimum atomic E-state index is 0.620. The molecule has 0 N–H and O–H groups in total. The van der Waals surface area contributed by atoms with Crippen LogP contribution in [0.1, 0.15) is 13.8 Å². The molecule has 0 radical (unpaired) electrons. The van der Waals surface area contributed by atoms with E-state index in [-0.39, 0.29) is 0 Å². The summed E-state index contributed by atoms with van der Waals surface area (Å²) in [5.41, 5.74) is 0. The molecule has 1 rings (SSSR count). The van der Waals surface area contributed by atoms with Gasteiger partial charge in [-0.2, -0.15) is 0 Å². The van der Waals surface area contributed by atoms with Crippen LogP contribution in [0, 0.1) is 0 Å². The first kappa shape index (κ1) is 14.2. The lowest BCUT2D eigenvalue weighted by molar-refractivity contribution is 0.324. The zero-order valence-corrected chi connectivity index (χ0v) is 12.0. The van der Waals surface area contributed by atoms with Gasteiger partial charge in [0.15, 0.2) is 0 Å². The Bertz CT molecular complexity index is 327. The van der Waals surface area contributed by atoms with Crippen LogP contribution in [0.2, 0.25) is 10.0 Å². The number of hydrogen-bond donors (Lipinski definition) is 0. The maximum Gasteiger partial charge on any atom is 0.0603 e. The molecule has 1 nitrogen and oxygen atoms in total. The maximum atomic E-state index is 5.95. The van der Waals surface area contributed by atoms with E-state index in [9.17, 15) is 0 Å². The Labute approximate surface area is 112 Å². The Morgan fingerprint density at radius 2 is 1.81 bits per heavy atom. The van der Waals surface area contributed by atoms with E-state index < -0.39 is 0 Å². The van der Waals surface area contributed by atoms with E-state index in [0.29, 0.717) is 10.0 Å². The third kappa shape index (κ3) is 4.54. The molecular weight excluding hydrogens is 261 g/mol. The monoisotopic (exact) mass is 277 g/mol. The lowest BCUT2D eigenvalue weighted by Crippen LogP contribution is -2.25. The Morgan fingerprint density at radius 1 is 1.12 bits per heavy atom. The fourth-order valence-electron chi connectivity index (χ4n) is 1.40. The van der Waals surface area contributed by atoms with Crippen molar-refractivity contribution in [3.8, 4) is 0 Å². The van der Waals surface area contributed by atoms with Crippen LogP contribution in [-0.2, 0) is 0 Å². The van der Waals surface area contributed by atoms with E-state index in [1.54, 1.807) is 0 Å². The molecule has 0 saturated heterocycles. The number of benzene rings is 1. The van der Waals surface area contributed by atoms with Gasteiger partial charge in [-0.15, -0.1) is 11.8 Å². The number of halogens is 2. The SMILES string of the molecule is CCN(CC)CCSc1ccc(Cl)c(Cl)c1. The fourth-order valence-corrected chi connectivity index (χ4v) is 2.71. The molecule has 0 saturated carbocycles. The van der Waals surface area contributed by atoms with Crippen molar-refractivity contribution in [2.45, 2.75) is 18.7 Å². The first-order valence-electron chi connectivity index (χ1n) is 5.47. The number of thioether (sulfide) groups is 1. The summed E-state index contributed by atoms with van der Waals surface area (Å²) in [6.45, 7) is 7.70. The molecule has 0 spiro atoms. The van der Waals surface area contributed by atoms with Crippen molar-refractivity contribution >= 4 is 35.0 Å². The van der Waals surface area contributed by atoms with E-state index in [1.807, 2.05) is 30.0 Å². The molecule has 1 aromatic carbocycles. The second kappa shape index (κ2) is 7.44. The standard InChI is InChI=1S/C12H17Cl2NS/c1-3-15(4-2)7-8-16-10-5-6-11(13)12(14)9-10/h5-6,9H,3-4,7-8H2,1-2H3. The number of nitrogens with zero attached hydrogens (tertiary/aromatic N) is 1. The van der Waals surface area contributed by atoms with Gasteiger partial charge in [-0.3, -0.25) is 0 Å². The summed E-state index contributed by atoms with van der Waals surface area (Å²) in [6, 6.07) is 5.79. The van der Waals surface area contributed by atoms with Crippen molar-refractivity contribution < 1.29 is 0 Å². The maximum absolute atomic E-state index is 5.95. The summed E-state index contributed by atoms with van der Waals surface area (Å²) >= 11 is 13.6. The molecule has 0 unspecified atom stereocenters. The van der Waals surface area contributed by atoms with E-state index in [1.165, 1.54) is 4.90 Å². The van der Waals surface area contributed by atoms with Crippen LogP contribution in [0.4, 0.5) is 0 Å². The van der Waals surface area contributed by atoms with Gasteiger partial charge in [0, 0.05) is 17.2 Å². The highest BCUT2D eigenvalue weighted by Crippen LogP contribution is 2.27. The first-order valence-corrected chi connectivity index (χ1v) is 7.21. The van der Waals surface area contributed by atoms with Crippen molar-refractivity contribution in [1.82, 2.24) is 4.90 Å². The van der Waals surface area contributed by atoms with Crippen LogP contribution >= 0.6 is 35.0 Å². The molecule has 0 aliphatic heterocycles. The predicted molar refractivity (Wildman–Crippen MR) is 75.0 cm³/mol. The Morgan fingerprint density at radius 3 is 2.38 bits per heavy atom. The summed E-state index contributed by atoms with van der Waals surface area (Å²) in [5.74, 6) is 1.08. The summed E-state index contributed by atoms with van der Waals surface area (Å²) in [7, 11) is 0. The van der Waals surface area contributed by atoms with Gasteiger partial charge in [0.1, 0.15) is 0 Å². The van der Waals surface area contributed by atoms with E-state index in [0.717, 1.165) is 25.4 Å². The van der Waals surface area contributed by atoms with Gasteiger partial charge < -0.3 is 4.90 Å². The number of hydrogen-bond acceptors (Lipinski definition) is 2. The lowest BCUT2D eigenvalue weighted by atomic mass is 10.4. The molecule has 4 heteroatoms. The van der Waals surface area contributed by atoms with Crippen LogP contribution < -0.4 is 0 Å². The highest BCUT2D eigenvalue weighted by molar-refractivity contribution is 7.99. The van der Waals surface area contributed by atoms with Crippen LogP contribution in [-0.4, -0.2) is 30.3 Å². The van der Waals surface area contributed by atoms with Gasteiger partial charge in [0.05, 0.1) is 10.0 Å². The lowest BCUT2D eigenvalue weighted by Gasteiger charge is -2.17. The third-order valence-corrected chi connectivity index (χ3v) is 4.17. The molecule has 1 aromatic rings. The Balaban J connectivity index is 2.40. The van der Waals surface area contributed by atoms with Crippen molar-refractivity contribution in [3.05, 3.63) is 28.2 Å². The second-order valence-electron chi connectivity index (χ2n) is 3.45. The average molecular weight is 278 g/mol. The first-order chi connectivity index (χ1) is 7.67. The summed E-state index contributed by atoms with van der Waals surface area (Å²) < 4.78 is 0. The second-order valence-corrected chi connectivity index (χ2v) is 5.43. The Hall–Kier alpha value is 0.110. The van der Waals surface area contributed by atoms with Crippen LogP contribution in [0.5, 0.6) is 0 Å². The zero-order chi connectivity index (χ0) is 12.0. The zero-order valence-electron chi connectivity index (χ0n) is 9.67. The van der Waals surface area contributed by atoms with Gasteiger partial charge in [-0.1, -0.05) is 37.0 Å². The molecule has 0 aromatic heterocycles. The van der Waals surface area contributed by atoms with E-state index >= 15 is 0 Å². The summed E-state index contributed by atoms with van der Waals surface area (Å²) in [6.07, 6.45) is 0. The van der Waals surface area contributed by atoms with Gasteiger partial charge >= 0.3 is 0 Å². The molecule has 0 atom stereocenters. The minimum Gasteiger partial charge on any atom is -0.303 e. The highest BCUT2D eigenvalue weighted by atomic mass is 35.5. The minimum absolute atomic E-state index is 0.620. The van der Waals surface area contributed by atoms with E-state index in [4.69, 9.17) is 23.2 Å². The molecule has 0 bridgehead atoms. The molecule has 0 fully saturated rings. The molecule has 0 amide bonds. The van der Waals surface area contributed by atoms with Crippen LogP contribution in [0.3, 0.4) is 0 Å². The van der Waals surface area contributed by atoms with Gasteiger partial charge in [0.2, 0.25) is 0 Å². The highest BCUT2D eigenvalue weighted by Gasteiger charge is 2.02. The summed E-state index contributed by atoms with van der Waals surface area (Å²) in [5, 5.41) is 1.25. The van der Waals surface area contributed by atoms with Crippen molar-refractivity contribution in [1.29, 1.82) is 0 Å².